The number of nitrogens with zero attached hydrogens (tertiary/aromatic N) is 1. The lowest BCUT2D eigenvalue weighted by molar-refractivity contribution is 0.714. The van der Waals surface area contributed by atoms with E-state index in [0.717, 1.165) is 17.1 Å². The van der Waals surface area contributed by atoms with Crippen molar-refractivity contribution in [1.82, 2.24) is 0 Å². The Kier molecular flexibility index (Phi) is 7.68. The van der Waals surface area contributed by atoms with E-state index in [0.29, 0.717) is 0 Å². The summed E-state index contributed by atoms with van der Waals surface area (Å²) >= 11 is 1.89. The second kappa shape index (κ2) is 13.6. The minimum atomic E-state index is -0.445. The topological polar surface area (TPSA) is 3.24 Å². The maximum Gasteiger partial charge on any atom is 0.0726 e. The molecule has 0 saturated carbocycles. The van der Waals surface area contributed by atoms with E-state index in [9.17, 15) is 0 Å². The van der Waals surface area contributed by atoms with Gasteiger partial charge < -0.3 is 4.90 Å². The van der Waals surface area contributed by atoms with Gasteiger partial charge >= 0.3 is 0 Å². The van der Waals surface area contributed by atoms with E-state index in [1.165, 1.54) is 104 Å². The van der Waals surface area contributed by atoms with Gasteiger partial charge in [-0.3, -0.25) is 0 Å². The molecule has 304 valence electrons. The molecule has 10 aromatic carbocycles. The van der Waals surface area contributed by atoms with Gasteiger partial charge in [0.25, 0.3) is 0 Å². The molecule has 0 radical (unpaired) electrons. The highest BCUT2D eigenvalue weighted by atomic mass is 32.1. The molecule has 3 aliphatic rings. The fraction of sp³-hybridized carbons (Fsp3) is 0.0476. The second-order valence-corrected chi connectivity index (χ2v) is 19.1. The molecule has 0 N–H and O–H groups in total. The average molecular weight is 844 g/mol. The lowest BCUT2D eigenvalue weighted by atomic mass is 9.70. The standard InChI is InChI=1S/C63H41NS/c1-62(41-16-3-2-4-17-41)54-25-10-5-18-46(54)50-36-34-43(38-58(50)62)64(42-32-30-40(31-33-42)45-23-15-24-53-52-22-9-14-29-60(52)65-61(45)53)44-35-37-51-49-21-8-13-28-57(49)63(59(51)39-44)55-26-11-6-19-47(55)48-20-7-12-27-56(48)63/h2-39H,1H3. The summed E-state index contributed by atoms with van der Waals surface area (Å²) in [5.74, 6) is 0. The molecule has 1 spiro atoms. The highest BCUT2D eigenvalue weighted by Gasteiger charge is 2.51. The molecule has 3 aliphatic carbocycles. The Hall–Kier alpha value is -7.78. The molecule has 0 amide bonds. The number of benzene rings is 10. The van der Waals surface area contributed by atoms with Crippen molar-refractivity contribution in [1.29, 1.82) is 0 Å². The Morgan fingerprint density at radius 1 is 0.338 bits per heavy atom. The average Bonchev–Trinajstić information content (AvgIpc) is 4.07. The fourth-order valence-electron chi connectivity index (χ4n) is 12.1. The monoisotopic (exact) mass is 843 g/mol. The van der Waals surface area contributed by atoms with Gasteiger partial charge in [-0.05, 0) is 133 Å². The van der Waals surface area contributed by atoms with Gasteiger partial charge in [0.15, 0.2) is 0 Å². The zero-order valence-corrected chi connectivity index (χ0v) is 36.6. The molecule has 11 aromatic rings. The van der Waals surface area contributed by atoms with Crippen molar-refractivity contribution in [3.05, 3.63) is 269 Å². The van der Waals surface area contributed by atoms with E-state index in [1.54, 1.807) is 0 Å². The van der Waals surface area contributed by atoms with Gasteiger partial charge in [0.05, 0.1) is 5.41 Å². The highest BCUT2D eigenvalue weighted by Crippen LogP contribution is 2.63. The third-order valence-electron chi connectivity index (χ3n) is 15.0. The molecule has 0 aliphatic heterocycles. The van der Waals surface area contributed by atoms with Crippen LogP contribution in [0.4, 0.5) is 17.1 Å². The van der Waals surface area contributed by atoms with Crippen LogP contribution in [0.2, 0.25) is 0 Å². The molecule has 65 heavy (non-hydrogen) atoms. The minimum absolute atomic E-state index is 0.331. The lowest BCUT2D eigenvalue weighted by Crippen LogP contribution is -2.26. The largest absolute Gasteiger partial charge is 0.310 e. The van der Waals surface area contributed by atoms with Gasteiger partial charge in [0, 0.05) is 42.6 Å². The van der Waals surface area contributed by atoms with Gasteiger partial charge in [-0.15, -0.1) is 11.3 Å². The Morgan fingerprint density at radius 3 is 1.45 bits per heavy atom. The molecule has 0 saturated heterocycles. The van der Waals surface area contributed by atoms with E-state index < -0.39 is 5.41 Å². The van der Waals surface area contributed by atoms with Crippen LogP contribution in [0.5, 0.6) is 0 Å². The summed E-state index contributed by atoms with van der Waals surface area (Å²) in [5, 5.41) is 2.64. The summed E-state index contributed by atoms with van der Waals surface area (Å²) in [6.45, 7) is 2.41. The minimum Gasteiger partial charge on any atom is -0.310 e. The summed E-state index contributed by atoms with van der Waals surface area (Å²) in [6.07, 6.45) is 0. The Morgan fingerprint density at radius 2 is 0.800 bits per heavy atom. The molecule has 1 aromatic heterocycles. The number of fused-ring (bicyclic) bond motifs is 16. The van der Waals surface area contributed by atoms with Crippen molar-refractivity contribution < 1.29 is 0 Å². The van der Waals surface area contributed by atoms with E-state index in [1.807, 2.05) is 11.3 Å². The maximum atomic E-state index is 2.51. The van der Waals surface area contributed by atoms with Crippen molar-refractivity contribution in [3.8, 4) is 44.5 Å². The van der Waals surface area contributed by atoms with Crippen LogP contribution >= 0.6 is 11.3 Å². The third kappa shape index (κ3) is 4.92. The van der Waals surface area contributed by atoms with Crippen LogP contribution < -0.4 is 4.90 Å². The van der Waals surface area contributed by atoms with Crippen LogP contribution in [0, 0.1) is 0 Å². The molecular formula is C63H41NS. The van der Waals surface area contributed by atoms with Gasteiger partial charge in [-0.25, -0.2) is 0 Å². The Bertz CT molecular complexity index is 3680. The van der Waals surface area contributed by atoms with E-state index in [-0.39, 0.29) is 5.41 Å². The van der Waals surface area contributed by atoms with Crippen LogP contribution in [0.3, 0.4) is 0 Å². The third-order valence-corrected chi connectivity index (χ3v) is 16.2. The number of anilines is 3. The molecule has 14 rings (SSSR count). The van der Waals surface area contributed by atoms with Gasteiger partial charge in [-0.1, -0.05) is 188 Å². The van der Waals surface area contributed by atoms with E-state index >= 15 is 0 Å². The first-order valence-electron chi connectivity index (χ1n) is 22.7. The Balaban J connectivity index is 0.999. The molecule has 1 unspecified atom stereocenters. The van der Waals surface area contributed by atoms with Gasteiger partial charge in [-0.2, -0.15) is 0 Å². The maximum absolute atomic E-state index is 2.51. The van der Waals surface area contributed by atoms with E-state index in [4.69, 9.17) is 0 Å². The molecule has 2 heteroatoms. The molecule has 1 atom stereocenters. The Labute approximate surface area is 383 Å². The number of thiophene rings is 1. The summed E-state index contributed by atoms with van der Waals surface area (Å²) in [4.78, 5) is 2.50. The summed E-state index contributed by atoms with van der Waals surface area (Å²) in [6, 6.07) is 86.6. The molecule has 1 nitrogen and oxygen atoms in total. The summed E-state index contributed by atoms with van der Waals surface area (Å²) < 4.78 is 2.65. The predicted octanol–water partition coefficient (Wildman–Crippen LogP) is 16.9. The number of hydrogen-bond acceptors (Lipinski definition) is 2. The second-order valence-electron chi connectivity index (χ2n) is 18.0. The quantitative estimate of drug-likeness (QED) is 0.167. The normalized spacial score (nSPS) is 15.6. The van der Waals surface area contributed by atoms with Crippen molar-refractivity contribution in [2.24, 2.45) is 0 Å². The fourth-order valence-corrected chi connectivity index (χ4v) is 13.4. The SMILES string of the molecule is CC1(c2ccccc2)c2ccccc2-c2ccc(N(c3ccc(-c4cccc5c4sc4ccccc45)cc3)c3ccc4c(c3)C3(c5ccccc5-c5ccccc53)c3ccccc3-4)cc21. The lowest BCUT2D eigenvalue weighted by Gasteiger charge is -2.33. The molecule has 0 bridgehead atoms. The van der Waals surface area contributed by atoms with Crippen molar-refractivity contribution in [3.63, 3.8) is 0 Å². The molecule has 1 heterocycles. The number of rotatable bonds is 5. The van der Waals surface area contributed by atoms with Gasteiger partial charge in [0.2, 0.25) is 0 Å². The zero-order chi connectivity index (χ0) is 42.9. The molecular weight excluding hydrogens is 803 g/mol. The highest BCUT2D eigenvalue weighted by molar-refractivity contribution is 7.26. The molecule has 0 fully saturated rings. The van der Waals surface area contributed by atoms with Gasteiger partial charge in [0.1, 0.15) is 0 Å². The first-order chi connectivity index (χ1) is 32.1. The smallest absolute Gasteiger partial charge is 0.0726 e. The first kappa shape index (κ1) is 36.7. The van der Waals surface area contributed by atoms with Crippen molar-refractivity contribution >= 4 is 48.6 Å². The van der Waals surface area contributed by atoms with E-state index in [2.05, 4.69) is 242 Å². The van der Waals surface area contributed by atoms with Crippen molar-refractivity contribution in [2.75, 3.05) is 4.90 Å². The zero-order valence-electron chi connectivity index (χ0n) is 35.8. The number of hydrogen-bond donors (Lipinski definition) is 0. The van der Waals surface area contributed by atoms with Crippen LogP contribution in [0.25, 0.3) is 64.7 Å². The van der Waals surface area contributed by atoms with Crippen LogP contribution in [0.15, 0.2) is 231 Å². The van der Waals surface area contributed by atoms with Crippen LogP contribution in [-0.2, 0) is 10.8 Å². The predicted molar refractivity (Wildman–Crippen MR) is 273 cm³/mol. The summed E-state index contributed by atoms with van der Waals surface area (Å²) in [5.41, 5.74) is 22.3. The van der Waals surface area contributed by atoms with Crippen LogP contribution in [0.1, 0.15) is 45.9 Å². The van der Waals surface area contributed by atoms with Crippen LogP contribution in [-0.4, -0.2) is 0 Å². The summed E-state index contributed by atoms with van der Waals surface area (Å²) in [7, 11) is 0. The van der Waals surface area contributed by atoms with Crippen molar-refractivity contribution in [2.45, 2.75) is 17.8 Å². The first-order valence-corrected chi connectivity index (χ1v) is 23.5.